The Balaban J connectivity index is 1.55. The largest absolute Gasteiger partial charge is 0.405 e. The average molecular weight is 583 g/mol. The Morgan fingerprint density at radius 1 is 0.487 bits per heavy atom. The molecule has 0 saturated heterocycles. The highest BCUT2D eigenvalue weighted by Crippen LogP contribution is 2.36. The molecule has 220 valence electrons. The molecule has 0 N–H and O–H groups in total. The summed E-state index contributed by atoms with van der Waals surface area (Å²) < 4.78 is 39.8. The van der Waals surface area contributed by atoms with E-state index < -0.39 is 8.32 Å². The maximum Gasteiger partial charge on any atom is 0.261 e. The first-order valence-corrected chi connectivity index (χ1v) is 16.2. The van der Waals surface area contributed by atoms with E-state index in [4.69, 9.17) is 44.4 Å². The highest BCUT2D eigenvalue weighted by molar-refractivity contribution is 6.99. The summed E-state index contributed by atoms with van der Waals surface area (Å²) in [7, 11) is -2.52. The molecular formula is C30H47ClO7Si. The standard InChI is InChI=1S/C30H47ClO7Si/c1-30(2,3)39(28-10-6-4-7-11-28,29-12-8-5-9-13-29)38-27-26-37-25-24-36-23-22-35-21-20-34-19-18-33-17-16-32-15-14-31/h4-13H,14-27H2,1-3H3. The predicted octanol–water partition coefficient (Wildman–Crippen LogP) is 3.90. The molecule has 0 bridgehead atoms. The second-order valence-corrected chi connectivity index (χ2v) is 14.6. The van der Waals surface area contributed by atoms with Gasteiger partial charge in [0.05, 0.1) is 85.9 Å². The molecule has 7 nitrogen and oxygen atoms in total. The van der Waals surface area contributed by atoms with Crippen LogP contribution >= 0.6 is 11.6 Å². The summed E-state index contributed by atoms with van der Waals surface area (Å²) in [5, 5.41) is 2.50. The van der Waals surface area contributed by atoms with Gasteiger partial charge in [-0.25, -0.2) is 0 Å². The van der Waals surface area contributed by atoms with Crippen molar-refractivity contribution in [2.24, 2.45) is 0 Å². The van der Waals surface area contributed by atoms with Crippen LogP contribution in [0.25, 0.3) is 0 Å². The van der Waals surface area contributed by atoms with Gasteiger partial charge in [0.2, 0.25) is 0 Å². The fourth-order valence-corrected chi connectivity index (χ4v) is 8.93. The summed E-state index contributed by atoms with van der Waals surface area (Å²) in [5.41, 5.74) is 0. The van der Waals surface area contributed by atoms with Gasteiger partial charge in [0, 0.05) is 5.88 Å². The number of alkyl halides is 1. The topological polar surface area (TPSA) is 64.6 Å². The van der Waals surface area contributed by atoms with Crippen LogP contribution in [-0.2, 0) is 32.8 Å². The van der Waals surface area contributed by atoms with Crippen LogP contribution in [0, 0.1) is 0 Å². The molecule has 0 aliphatic rings. The van der Waals surface area contributed by atoms with Crippen LogP contribution < -0.4 is 10.4 Å². The van der Waals surface area contributed by atoms with Gasteiger partial charge in [0.15, 0.2) is 0 Å². The zero-order valence-electron chi connectivity index (χ0n) is 23.9. The van der Waals surface area contributed by atoms with Crippen molar-refractivity contribution in [2.45, 2.75) is 25.8 Å². The molecule has 9 heteroatoms. The van der Waals surface area contributed by atoms with Crippen molar-refractivity contribution in [1.82, 2.24) is 0 Å². The number of benzene rings is 2. The summed E-state index contributed by atoms with van der Waals surface area (Å²) in [5.74, 6) is 0.502. The Morgan fingerprint density at radius 3 is 1.10 bits per heavy atom. The van der Waals surface area contributed by atoms with Crippen molar-refractivity contribution in [3.8, 4) is 0 Å². The first kappa shape index (κ1) is 33.9. The van der Waals surface area contributed by atoms with Gasteiger partial charge in [0.25, 0.3) is 8.32 Å². The summed E-state index contributed by atoms with van der Waals surface area (Å²) >= 11 is 5.53. The van der Waals surface area contributed by atoms with Gasteiger partial charge >= 0.3 is 0 Å². The molecule has 0 aromatic heterocycles. The molecule has 0 heterocycles. The zero-order valence-corrected chi connectivity index (χ0v) is 25.7. The van der Waals surface area contributed by atoms with E-state index in [0.29, 0.717) is 91.8 Å². The van der Waals surface area contributed by atoms with Gasteiger partial charge in [-0.1, -0.05) is 81.4 Å². The van der Waals surface area contributed by atoms with Crippen LogP contribution in [0.5, 0.6) is 0 Å². The molecule has 2 rings (SSSR count). The van der Waals surface area contributed by atoms with Crippen LogP contribution in [0.1, 0.15) is 20.8 Å². The summed E-state index contributed by atoms with van der Waals surface area (Å²) in [6.45, 7) is 13.7. The summed E-state index contributed by atoms with van der Waals surface area (Å²) in [4.78, 5) is 0. The van der Waals surface area contributed by atoms with E-state index in [9.17, 15) is 0 Å². The van der Waals surface area contributed by atoms with Crippen LogP contribution in [0.3, 0.4) is 0 Å². The zero-order chi connectivity index (χ0) is 28.1. The minimum Gasteiger partial charge on any atom is -0.405 e. The third kappa shape index (κ3) is 12.8. The maximum atomic E-state index is 6.82. The SMILES string of the molecule is CC(C)(C)[Si](OCCOCCOCCOCCOCCOCCOCCCl)(c1ccccc1)c1ccccc1. The molecule has 0 aliphatic heterocycles. The van der Waals surface area contributed by atoms with E-state index in [1.807, 2.05) is 0 Å². The van der Waals surface area contributed by atoms with E-state index in [2.05, 4.69) is 81.4 Å². The highest BCUT2D eigenvalue weighted by Gasteiger charge is 2.49. The number of ether oxygens (including phenoxy) is 6. The molecule has 0 spiro atoms. The monoisotopic (exact) mass is 582 g/mol. The Labute approximate surface area is 241 Å². The molecule has 2 aromatic rings. The molecule has 0 fully saturated rings. The quantitative estimate of drug-likeness (QED) is 0.112. The van der Waals surface area contributed by atoms with Gasteiger partial charge in [0.1, 0.15) is 0 Å². The molecule has 0 aliphatic carbocycles. The second kappa shape index (κ2) is 20.5. The second-order valence-electron chi connectivity index (χ2n) is 9.87. The van der Waals surface area contributed by atoms with E-state index in [0.717, 1.165) is 0 Å². The smallest absolute Gasteiger partial charge is 0.261 e. The fourth-order valence-electron chi connectivity index (χ4n) is 4.27. The van der Waals surface area contributed by atoms with Crippen molar-refractivity contribution in [3.05, 3.63) is 60.7 Å². The lowest BCUT2D eigenvalue weighted by Crippen LogP contribution is -2.66. The van der Waals surface area contributed by atoms with E-state index in [-0.39, 0.29) is 5.04 Å². The van der Waals surface area contributed by atoms with Crippen molar-refractivity contribution in [1.29, 1.82) is 0 Å². The number of halogens is 1. The molecule has 0 amide bonds. The van der Waals surface area contributed by atoms with Gasteiger partial charge in [-0.05, 0) is 15.4 Å². The van der Waals surface area contributed by atoms with Crippen molar-refractivity contribution < 1.29 is 32.8 Å². The predicted molar refractivity (Wildman–Crippen MR) is 159 cm³/mol. The Kier molecular flexibility index (Phi) is 17.8. The Morgan fingerprint density at radius 2 is 0.795 bits per heavy atom. The van der Waals surface area contributed by atoms with Crippen molar-refractivity contribution in [2.75, 3.05) is 91.8 Å². The number of rotatable bonds is 23. The highest BCUT2D eigenvalue weighted by atomic mass is 35.5. The molecule has 0 saturated carbocycles. The number of hydrogen-bond donors (Lipinski definition) is 0. The van der Waals surface area contributed by atoms with Crippen LogP contribution in [0.2, 0.25) is 5.04 Å². The normalized spacial score (nSPS) is 12.2. The van der Waals surface area contributed by atoms with E-state index in [1.165, 1.54) is 10.4 Å². The van der Waals surface area contributed by atoms with E-state index in [1.54, 1.807) is 0 Å². The van der Waals surface area contributed by atoms with Gasteiger partial charge < -0.3 is 32.8 Å². The molecular weight excluding hydrogens is 536 g/mol. The van der Waals surface area contributed by atoms with Crippen molar-refractivity contribution >= 4 is 30.3 Å². The Hall–Kier alpha value is -1.33. The fraction of sp³-hybridized carbons (Fsp3) is 0.600. The van der Waals surface area contributed by atoms with Gasteiger partial charge in [-0.3, -0.25) is 0 Å². The third-order valence-electron chi connectivity index (χ3n) is 6.04. The summed E-state index contributed by atoms with van der Waals surface area (Å²) in [6, 6.07) is 21.3. The third-order valence-corrected chi connectivity index (χ3v) is 11.2. The first-order chi connectivity index (χ1) is 19.0. The lowest BCUT2D eigenvalue weighted by atomic mass is 10.2. The van der Waals surface area contributed by atoms with Crippen LogP contribution in [0.15, 0.2) is 60.7 Å². The maximum absolute atomic E-state index is 6.82. The number of hydrogen-bond acceptors (Lipinski definition) is 7. The van der Waals surface area contributed by atoms with E-state index >= 15 is 0 Å². The summed E-state index contributed by atoms with van der Waals surface area (Å²) in [6.07, 6.45) is 0. The minimum atomic E-state index is -2.52. The lowest BCUT2D eigenvalue weighted by molar-refractivity contribution is -0.0173. The average Bonchev–Trinajstić information content (AvgIpc) is 2.94. The Bertz CT molecular complexity index is 797. The molecule has 39 heavy (non-hydrogen) atoms. The molecule has 0 atom stereocenters. The first-order valence-electron chi connectivity index (χ1n) is 13.8. The lowest BCUT2D eigenvalue weighted by Gasteiger charge is -2.43. The van der Waals surface area contributed by atoms with Crippen LogP contribution in [0.4, 0.5) is 0 Å². The molecule has 0 radical (unpaired) electrons. The molecule has 2 aromatic carbocycles. The van der Waals surface area contributed by atoms with Crippen LogP contribution in [-0.4, -0.2) is 100 Å². The van der Waals surface area contributed by atoms with Gasteiger partial charge in [-0.15, -0.1) is 11.6 Å². The van der Waals surface area contributed by atoms with Gasteiger partial charge in [-0.2, -0.15) is 0 Å². The minimum absolute atomic E-state index is 0.0444. The molecule has 0 unspecified atom stereocenters. The van der Waals surface area contributed by atoms with Crippen molar-refractivity contribution in [3.63, 3.8) is 0 Å².